The summed E-state index contributed by atoms with van der Waals surface area (Å²) in [5, 5.41) is 4.99. The fourth-order valence-corrected chi connectivity index (χ4v) is 3.20. The van der Waals surface area contributed by atoms with E-state index in [0.717, 1.165) is 16.3 Å². The summed E-state index contributed by atoms with van der Waals surface area (Å²) >= 11 is 0. The zero-order valence-corrected chi connectivity index (χ0v) is 13.4. The fourth-order valence-electron chi connectivity index (χ4n) is 3.20. The van der Waals surface area contributed by atoms with Crippen LogP contribution in [-0.4, -0.2) is 17.9 Å². The number of hydrogen-bond donors (Lipinski definition) is 3. The van der Waals surface area contributed by atoms with Crippen molar-refractivity contribution in [3.63, 3.8) is 0 Å². The maximum atomic E-state index is 12.5. The Morgan fingerprint density at radius 2 is 1.60 bits per heavy atom. The zero-order valence-electron chi connectivity index (χ0n) is 13.4. The Balaban J connectivity index is 1.67. The number of carbonyl (C=O) groups excluding carboxylic acids is 2. The first-order valence-corrected chi connectivity index (χ1v) is 8.13. The van der Waals surface area contributed by atoms with Gasteiger partial charge in [-0.3, -0.25) is 15.0 Å². The van der Waals surface area contributed by atoms with E-state index in [0.29, 0.717) is 5.56 Å². The van der Waals surface area contributed by atoms with Crippen LogP contribution in [0.3, 0.4) is 0 Å². The largest absolute Gasteiger partial charge is 0.338 e. The molecule has 0 aliphatic carbocycles. The Morgan fingerprint density at radius 3 is 2.44 bits per heavy atom. The Labute approximate surface area is 145 Å². The molecule has 1 heterocycles. The molecule has 0 spiro atoms. The van der Waals surface area contributed by atoms with Crippen molar-refractivity contribution in [3.8, 4) is 0 Å². The van der Waals surface area contributed by atoms with E-state index < -0.39 is 6.04 Å². The predicted octanol–water partition coefficient (Wildman–Crippen LogP) is 2.31. The number of fused-ring (bicyclic) bond motifs is 1. The van der Waals surface area contributed by atoms with E-state index in [4.69, 9.17) is 0 Å². The summed E-state index contributed by atoms with van der Waals surface area (Å²) in [7, 11) is 0. The van der Waals surface area contributed by atoms with Crippen LogP contribution in [0.2, 0.25) is 0 Å². The van der Waals surface area contributed by atoms with Crippen LogP contribution in [0.25, 0.3) is 10.8 Å². The minimum atomic E-state index is -0.682. The molecule has 5 nitrogen and oxygen atoms in total. The summed E-state index contributed by atoms with van der Waals surface area (Å²) in [5.41, 5.74) is 7.14. The summed E-state index contributed by atoms with van der Waals surface area (Å²) in [6.07, 6.45) is 0. The van der Waals surface area contributed by atoms with Gasteiger partial charge in [0.25, 0.3) is 11.8 Å². The first-order chi connectivity index (χ1) is 12.2. The molecule has 2 atom stereocenters. The average Bonchev–Trinajstić information content (AvgIpc) is 3.02. The Hall–Kier alpha value is -3.18. The van der Waals surface area contributed by atoms with Gasteiger partial charge in [-0.2, -0.15) is 0 Å². The highest BCUT2D eigenvalue weighted by Gasteiger charge is 2.37. The molecule has 3 aromatic rings. The van der Waals surface area contributed by atoms with E-state index in [1.165, 1.54) is 0 Å². The molecule has 2 amide bonds. The lowest BCUT2D eigenvalue weighted by atomic mass is 9.95. The van der Waals surface area contributed by atoms with Gasteiger partial charge in [0.15, 0.2) is 0 Å². The molecule has 0 bridgehead atoms. The second-order valence-corrected chi connectivity index (χ2v) is 6.00. The van der Waals surface area contributed by atoms with Gasteiger partial charge >= 0.3 is 0 Å². The van der Waals surface area contributed by atoms with Crippen molar-refractivity contribution in [3.05, 3.63) is 83.9 Å². The van der Waals surface area contributed by atoms with Crippen molar-refractivity contribution < 1.29 is 9.59 Å². The molecular formula is C20H17N3O2. The van der Waals surface area contributed by atoms with Crippen LogP contribution in [0.15, 0.2) is 72.8 Å². The SMILES string of the molecule is O=C(N[C@H]1C(=O)NN[C@H]1c1cccc2ccccc12)c1ccccc1. The molecule has 1 aliphatic heterocycles. The third kappa shape index (κ3) is 2.86. The zero-order chi connectivity index (χ0) is 17.2. The smallest absolute Gasteiger partial charge is 0.258 e. The number of hydrogen-bond acceptors (Lipinski definition) is 3. The molecular weight excluding hydrogens is 314 g/mol. The maximum absolute atomic E-state index is 12.5. The monoisotopic (exact) mass is 331 g/mol. The van der Waals surface area contributed by atoms with E-state index in [9.17, 15) is 9.59 Å². The van der Waals surface area contributed by atoms with Crippen LogP contribution in [0.1, 0.15) is 22.0 Å². The molecule has 1 fully saturated rings. The standard InChI is InChI=1S/C20H17N3O2/c24-19(14-8-2-1-3-9-14)21-18-17(22-23-20(18)25)16-12-6-10-13-7-4-5-11-15(13)16/h1-12,17-18,22H,(H,21,24)(H,23,25)/t17-,18+/m0/s1. The van der Waals surface area contributed by atoms with Gasteiger partial charge in [-0.15, -0.1) is 0 Å². The minimum absolute atomic E-state index is 0.248. The topological polar surface area (TPSA) is 70.2 Å². The van der Waals surface area contributed by atoms with Crippen LogP contribution in [-0.2, 0) is 4.79 Å². The van der Waals surface area contributed by atoms with E-state index in [1.807, 2.05) is 48.5 Å². The van der Waals surface area contributed by atoms with Crippen LogP contribution in [0.4, 0.5) is 0 Å². The highest BCUT2D eigenvalue weighted by molar-refractivity contribution is 5.98. The molecule has 0 radical (unpaired) electrons. The summed E-state index contributed by atoms with van der Waals surface area (Å²) in [4.78, 5) is 24.7. The Bertz CT molecular complexity index is 935. The Kier molecular flexibility index (Phi) is 3.91. The Morgan fingerprint density at radius 1 is 0.880 bits per heavy atom. The summed E-state index contributed by atoms with van der Waals surface area (Å²) < 4.78 is 0. The summed E-state index contributed by atoms with van der Waals surface area (Å²) in [5.74, 6) is -0.517. The number of carbonyl (C=O) groups is 2. The first-order valence-electron chi connectivity index (χ1n) is 8.13. The van der Waals surface area contributed by atoms with Crippen LogP contribution in [0.5, 0.6) is 0 Å². The van der Waals surface area contributed by atoms with E-state index in [-0.39, 0.29) is 17.9 Å². The molecule has 1 aliphatic rings. The number of nitrogens with one attached hydrogen (secondary N) is 3. The van der Waals surface area contributed by atoms with Crippen molar-refractivity contribution in [1.82, 2.24) is 16.2 Å². The van der Waals surface area contributed by atoms with E-state index in [2.05, 4.69) is 16.2 Å². The molecule has 124 valence electrons. The molecule has 3 aromatic carbocycles. The second kappa shape index (κ2) is 6.37. The van der Waals surface area contributed by atoms with Gasteiger partial charge in [-0.25, -0.2) is 5.43 Å². The lowest BCUT2D eigenvalue weighted by Gasteiger charge is -2.20. The number of rotatable bonds is 3. The maximum Gasteiger partial charge on any atom is 0.258 e. The van der Waals surface area contributed by atoms with Crippen molar-refractivity contribution in [2.24, 2.45) is 0 Å². The minimum Gasteiger partial charge on any atom is -0.338 e. The van der Waals surface area contributed by atoms with Gasteiger partial charge in [-0.05, 0) is 28.5 Å². The van der Waals surface area contributed by atoms with Crippen LogP contribution < -0.4 is 16.2 Å². The first kappa shape index (κ1) is 15.4. The third-order valence-corrected chi connectivity index (χ3v) is 4.45. The number of amides is 2. The van der Waals surface area contributed by atoms with E-state index in [1.54, 1.807) is 24.3 Å². The molecule has 5 heteroatoms. The molecule has 25 heavy (non-hydrogen) atoms. The predicted molar refractivity (Wildman–Crippen MR) is 95.7 cm³/mol. The van der Waals surface area contributed by atoms with E-state index >= 15 is 0 Å². The molecule has 1 saturated heterocycles. The highest BCUT2D eigenvalue weighted by atomic mass is 16.2. The van der Waals surface area contributed by atoms with Gasteiger partial charge < -0.3 is 5.32 Å². The molecule has 0 aromatic heterocycles. The molecule has 4 rings (SSSR count). The molecule has 0 unspecified atom stereocenters. The number of benzene rings is 3. The normalized spacial score (nSPS) is 19.6. The van der Waals surface area contributed by atoms with Crippen molar-refractivity contribution in [2.75, 3.05) is 0 Å². The van der Waals surface area contributed by atoms with Gasteiger partial charge in [0, 0.05) is 5.56 Å². The second-order valence-electron chi connectivity index (χ2n) is 6.00. The lowest BCUT2D eigenvalue weighted by Crippen LogP contribution is -2.42. The van der Waals surface area contributed by atoms with Crippen molar-refractivity contribution in [2.45, 2.75) is 12.1 Å². The van der Waals surface area contributed by atoms with Gasteiger partial charge in [0.2, 0.25) is 0 Å². The van der Waals surface area contributed by atoms with Crippen LogP contribution in [0, 0.1) is 0 Å². The van der Waals surface area contributed by atoms with Crippen molar-refractivity contribution in [1.29, 1.82) is 0 Å². The summed E-state index contributed by atoms with van der Waals surface area (Å²) in [6.45, 7) is 0. The third-order valence-electron chi connectivity index (χ3n) is 4.45. The highest BCUT2D eigenvalue weighted by Crippen LogP contribution is 2.28. The van der Waals surface area contributed by atoms with Gasteiger partial charge in [0.05, 0.1) is 6.04 Å². The summed E-state index contributed by atoms with van der Waals surface area (Å²) in [6, 6.07) is 21.8. The van der Waals surface area contributed by atoms with Gasteiger partial charge in [0.1, 0.15) is 6.04 Å². The fraction of sp³-hybridized carbons (Fsp3) is 0.100. The average molecular weight is 331 g/mol. The van der Waals surface area contributed by atoms with Crippen molar-refractivity contribution >= 4 is 22.6 Å². The number of hydrazine groups is 1. The van der Waals surface area contributed by atoms with Crippen LogP contribution >= 0.6 is 0 Å². The quantitative estimate of drug-likeness (QED) is 0.690. The lowest BCUT2D eigenvalue weighted by molar-refractivity contribution is -0.121. The van der Waals surface area contributed by atoms with Gasteiger partial charge in [-0.1, -0.05) is 60.7 Å². The molecule has 0 saturated carbocycles. The molecule has 3 N–H and O–H groups in total.